The summed E-state index contributed by atoms with van der Waals surface area (Å²) in [5, 5.41) is 3.42. The summed E-state index contributed by atoms with van der Waals surface area (Å²) in [6.45, 7) is 10.5. The minimum absolute atomic E-state index is 0.639. The maximum absolute atomic E-state index is 5.31. The number of piperazine rings is 1. The molecule has 3 heteroatoms. The zero-order valence-corrected chi connectivity index (χ0v) is 8.18. The molecule has 72 valence electrons. The highest BCUT2D eigenvalue weighted by molar-refractivity contribution is 4.74. The van der Waals surface area contributed by atoms with Gasteiger partial charge in [0.2, 0.25) is 0 Å². The molecule has 0 amide bonds. The Balaban J connectivity index is 2.06. The van der Waals surface area contributed by atoms with E-state index in [1.54, 1.807) is 0 Å². The van der Waals surface area contributed by atoms with Gasteiger partial charge in [-0.05, 0) is 13.8 Å². The van der Waals surface area contributed by atoms with Crippen molar-refractivity contribution in [3.8, 4) is 0 Å². The van der Waals surface area contributed by atoms with Crippen LogP contribution in [0, 0.1) is 0 Å². The van der Waals surface area contributed by atoms with Crippen molar-refractivity contribution in [3.63, 3.8) is 0 Å². The molecule has 1 atom stereocenters. The molecule has 1 saturated heterocycles. The smallest absolute Gasteiger partial charge is 0.0593 e. The Morgan fingerprint density at radius 2 is 2.42 bits per heavy atom. The van der Waals surface area contributed by atoms with E-state index in [1.165, 1.54) is 0 Å². The fraction of sp³-hybridized carbons (Fsp3) is 1.00. The Kier molecular flexibility index (Phi) is 4.58. The van der Waals surface area contributed by atoms with E-state index < -0.39 is 0 Å². The van der Waals surface area contributed by atoms with E-state index in [0.29, 0.717) is 6.04 Å². The van der Waals surface area contributed by atoms with Gasteiger partial charge in [-0.3, -0.25) is 4.90 Å². The van der Waals surface area contributed by atoms with Crippen molar-refractivity contribution in [2.24, 2.45) is 0 Å². The first-order valence-electron chi connectivity index (χ1n) is 4.86. The lowest BCUT2D eigenvalue weighted by Gasteiger charge is -2.31. The number of hydrogen-bond donors (Lipinski definition) is 1. The van der Waals surface area contributed by atoms with Crippen LogP contribution in [-0.2, 0) is 4.74 Å². The first-order chi connectivity index (χ1) is 5.83. The van der Waals surface area contributed by atoms with Crippen LogP contribution in [-0.4, -0.2) is 50.3 Å². The monoisotopic (exact) mass is 172 g/mol. The third-order valence-corrected chi connectivity index (χ3v) is 2.21. The molecule has 0 spiro atoms. The predicted molar refractivity (Wildman–Crippen MR) is 50.4 cm³/mol. The van der Waals surface area contributed by atoms with Crippen LogP contribution < -0.4 is 5.32 Å². The Bertz CT molecular complexity index is 119. The molecule has 1 heterocycles. The quantitative estimate of drug-likeness (QED) is 0.618. The molecule has 12 heavy (non-hydrogen) atoms. The average molecular weight is 172 g/mol. The van der Waals surface area contributed by atoms with Gasteiger partial charge in [0.15, 0.2) is 0 Å². The van der Waals surface area contributed by atoms with Gasteiger partial charge in [-0.2, -0.15) is 0 Å². The molecule has 0 radical (unpaired) electrons. The molecule has 0 aromatic carbocycles. The van der Waals surface area contributed by atoms with Crippen LogP contribution in [0.4, 0.5) is 0 Å². The van der Waals surface area contributed by atoms with Gasteiger partial charge in [0.05, 0.1) is 6.61 Å². The lowest BCUT2D eigenvalue weighted by molar-refractivity contribution is 0.101. The first kappa shape index (κ1) is 9.96. The summed E-state index contributed by atoms with van der Waals surface area (Å²) in [5.74, 6) is 0. The number of rotatable bonds is 4. The summed E-state index contributed by atoms with van der Waals surface area (Å²) in [5.41, 5.74) is 0. The van der Waals surface area contributed by atoms with E-state index in [1.807, 2.05) is 6.92 Å². The Labute approximate surface area is 75.1 Å². The Morgan fingerprint density at radius 3 is 3.08 bits per heavy atom. The Hall–Kier alpha value is -0.120. The van der Waals surface area contributed by atoms with Crippen LogP contribution in [0.15, 0.2) is 0 Å². The fourth-order valence-electron chi connectivity index (χ4n) is 1.55. The largest absolute Gasteiger partial charge is 0.380 e. The summed E-state index contributed by atoms with van der Waals surface area (Å²) in [7, 11) is 0. The van der Waals surface area contributed by atoms with Gasteiger partial charge >= 0.3 is 0 Å². The summed E-state index contributed by atoms with van der Waals surface area (Å²) in [4.78, 5) is 2.46. The predicted octanol–water partition coefficient (Wildman–Crippen LogP) is 0.317. The second kappa shape index (κ2) is 5.51. The molecular formula is C9H20N2O. The van der Waals surface area contributed by atoms with Crippen molar-refractivity contribution in [2.75, 3.05) is 39.4 Å². The van der Waals surface area contributed by atoms with Gasteiger partial charge in [0.25, 0.3) is 0 Å². The van der Waals surface area contributed by atoms with Crippen molar-refractivity contribution in [1.82, 2.24) is 10.2 Å². The lowest BCUT2D eigenvalue weighted by atomic mass is 10.2. The minimum Gasteiger partial charge on any atom is -0.380 e. The van der Waals surface area contributed by atoms with Crippen LogP contribution in [0.5, 0.6) is 0 Å². The number of nitrogens with one attached hydrogen (secondary N) is 1. The molecular weight excluding hydrogens is 152 g/mol. The molecule has 1 fully saturated rings. The van der Waals surface area contributed by atoms with Crippen LogP contribution in [0.1, 0.15) is 13.8 Å². The van der Waals surface area contributed by atoms with E-state index >= 15 is 0 Å². The molecule has 0 saturated carbocycles. The van der Waals surface area contributed by atoms with Crippen LogP contribution in [0.3, 0.4) is 0 Å². The molecule has 1 aliphatic heterocycles. The highest BCUT2D eigenvalue weighted by Crippen LogP contribution is 1.97. The number of hydrogen-bond acceptors (Lipinski definition) is 3. The molecule has 3 nitrogen and oxygen atoms in total. The summed E-state index contributed by atoms with van der Waals surface area (Å²) in [6, 6.07) is 0.639. The van der Waals surface area contributed by atoms with Gasteiger partial charge in [-0.1, -0.05) is 0 Å². The molecule has 0 aromatic rings. The third-order valence-electron chi connectivity index (χ3n) is 2.21. The number of nitrogens with zero attached hydrogens (tertiary/aromatic N) is 1. The molecule has 0 unspecified atom stereocenters. The summed E-state index contributed by atoms with van der Waals surface area (Å²) < 4.78 is 5.31. The van der Waals surface area contributed by atoms with Gasteiger partial charge in [0.1, 0.15) is 0 Å². The zero-order chi connectivity index (χ0) is 8.81. The van der Waals surface area contributed by atoms with Crippen molar-refractivity contribution in [3.05, 3.63) is 0 Å². The van der Waals surface area contributed by atoms with Crippen LogP contribution in [0.2, 0.25) is 0 Å². The topological polar surface area (TPSA) is 24.5 Å². The maximum Gasteiger partial charge on any atom is 0.0593 e. The van der Waals surface area contributed by atoms with Crippen LogP contribution in [0.25, 0.3) is 0 Å². The maximum atomic E-state index is 5.31. The molecule has 0 bridgehead atoms. The van der Waals surface area contributed by atoms with Gasteiger partial charge in [-0.15, -0.1) is 0 Å². The normalized spacial score (nSPS) is 26.0. The molecule has 0 aromatic heterocycles. The van der Waals surface area contributed by atoms with E-state index in [9.17, 15) is 0 Å². The van der Waals surface area contributed by atoms with E-state index in [2.05, 4.69) is 17.1 Å². The first-order valence-corrected chi connectivity index (χ1v) is 4.86. The second-order valence-electron chi connectivity index (χ2n) is 3.35. The standard InChI is InChI=1S/C9H20N2O/c1-3-12-7-6-11-5-4-10-9(2)8-11/h9-10H,3-8H2,1-2H3/t9-/m0/s1. The number of ether oxygens (including phenoxy) is 1. The van der Waals surface area contributed by atoms with E-state index in [4.69, 9.17) is 4.74 Å². The van der Waals surface area contributed by atoms with Gasteiger partial charge < -0.3 is 10.1 Å². The van der Waals surface area contributed by atoms with E-state index in [0.717, 1.165) is 39.4 Å². The molecule has 1 rings (SSSR count). The van der Waals surface area contributed by atoms with Crippen molar-refractivity contribution in [1.29, 1.82) is 0 Å². The summed E-state index contributed by atoms with van der Waals surface area (Å²) >= 11 is 0. The minimum atomic E-state index is 0.639. The third kappa shape index (κ3) is 3.52. The van der Waals surface area contributed by atoms with Crippen molar-refractivity contribution >= 4 is 0 Å². The average Bonchev–Trinajstić information content (AvgIpc) is 2.05. The zero-order valence-electron chi connectivity index (χ0n) is 8.18. The van der Waals surface area contributed by atoms with Crippen molar-refractivity contribution < 1.29 is 4.74 Å². The van der Waals surface area contributed by atoms with Crippen LogP contribution >= 0.6 is 0 Å². The fourth-order valence-corrected chi connectivity index (χ4v) is 1.55. The highest BCUT2D eigenvalue weighted by atomic mass is 16.5. The molecule has 0 aliphatic carbocycles. The molecule has 1 N–H and O–H groups in total. The second-order valence-corrected chi connectivity index (χ2v) is 3.35. The SMILES string of the molecule is CCOCCN1CCN[C@@H](C)C1. The van der Waals surface area contributed by atoms with E-state index in [-0.39, 0.29) is 0 Å². The van der Waals surface area contributed by atoms with Gasteiger partial charge in [-0.25, -0.2) is 0 Å². The van der Waals surface area contributed by atoms with Crippen molar-refractivity contribution in [2.45, 2.75) is 19.9 Å². The Morgan fingerprint density at radius 1 is 1.58 bits per heavy atom. The highest BCUT2D eigenvalue weighted by Gasteiger charge is 2.14. The van der Waals surface area contributed by atoms with Gasteiger partial charge in [0, 0.05) is 38.8 Å². The summed E-state index contributed by atoms with van der Waals surface area (Å²) in [6.07, 6.45) is 0. The lowest BCUT2D eigenvalue weighted by Crippen LogP contribution is -2.49. The molecule has 1 aliphatic rings.